The SMILES string of the molecule is CCC1(CC)CC2(CC(C)(C)N1O)OCC(C)(C)O2. The molecular formula is C15H29NO3. The van der Waals surface area contributed by atoms with Gasteiger partial charge in [-0.2, -0.15) is 5.06 Å². The standard InChI is InChI=1S/C15H29NO3/c1-7-14(8-2)10-15(9-12(3,4)16(14)17)18-11-13(5,6)19-15/h17H,7-11H2,1-6H3. The van der Waals surface area contributed by atoms with E-state index < -0.39 is 5.79 Å². The van der Waals surface area contributed by atoms with E-state index in [0.717, 1.165) is 19.3 Å². The lowest BCUT2D eigenvalue weighted by Crippen LogP contribution is -2.66. The molecule has 2 rings (SSSR count). The van der Waals surface area contributed by atoms with Crippen LogP contribution >= 0.6 is 0 Å². The summed E-state index contributed by atoms with van der Waals surface area (Å²) >= 11 is 0. The Morgan fingerprint density at radius 1 is 1.05 bits per heavy atom. The fourth-order valence-corrected chi connectivity index (χ4v) is 3.86. The maximum atomic E-state index is 10.6. The van der Waals surface area contributed by atoms with Crippen molar-refractivity contribution >= 4 is 0 Å². The van der Waals surface area contributed by atoms with E-state index in [9.17, 15) is 5.21 Å². The Morgan fingerprint density at radius 2 is 1.63 bits per heavy atom. The number of hydrogen-bond donors (Lipinski definition) is 1. The van der Waals surface area contributed by atoms with E-state index in [1.54, 1.807) is 5.06 Å². The van der Waals surface area contributed by atoms with Crippen LogP contribution in [0.3, 0.4) is 0 Å². The van der Waals surface area contributed by atoms with Crippen LogP contribution in [0.15, 0.2) is 0 Å². The zero-order valence-corrected chi connectivity index (χ0v) is 13.2. The molecule has 19 heavy (non-hydrogen) atoms. The van der Waals surface area contributed by atoms with Crippen molar-refractivity contribution in [3.05, 3.63) is 0 Å². The highest BCUT2D eigenvalue weighted by atomic mass is 16.8. The van der Waals surface area contributed by atoms with Gasteiger partial charge < -0.3 is 14.7 Å². The summed E-state index contributed by atoms with van der Waals surface area (Å²) in [6.45, 7) is 13.1. The van der Waals surface area contributed by atoms with Crippen molar-refractivity contribution in [1.82, 2.24) is 5.06 Å². The average molecular weight is 271 g/mol. The summed E-state index contributed by atoms with van der Waals surface area (Å²) in [5.74, 6) is -0.543. The van der Waals surface area contributed by atoms with Gasteiger partial charge in [0.05, 0.1) is 17.7 Å². The van der Waals surface area contributed by atoms with Crippen LogP contribution in [0.2, 0.25) is 0 Å². The number of ether oxygens (including phenoxy) is 2. The normalized spacial score (nSPS) is 36.8. The van der Waals surface area contributed by atoms with Crippen molar-refractivity contribution in [3.63, 3.8) is 0 Å². The fraction of sp³-hybridized carbons (Fsp3) is 1.00. The van der Waals surface area contributed by atoms with E-state index in [1.807, 2.05) is 0 Å². The van der Waals surface area contributed by atoms with Crippen LogP contribution < -0.4 is 0 Å². The van der Waals surface area contributed by atoms with Gasteiger partial charge in [0.15, 0.2) is 5.79 Å². The number of nitrogens with zero attached hydrogens (tertiary/aromatic N) is 1. The van der Waals surface area contributed by atoms with E-state index in [4.69, 9.17) is 9.47 Å². The van der Waals surface area contributed by atoms with Gasteiger partial charge in [0.1, 0.15) is 0 Å². The molecule has 0 aromatic carbocycles. The summed E-state index contributed by atoms with van der Waals surface area (Å²) < 4.78 is 12.3. The topological polar surface area (TPSA) is 41.9 Å². The molecular weight excluding hydrogens is 242 g/mol. The Labute approximate surface area is 117 Å². The molecule has 0 amide bonds. The molecule has 4 heteroatoms. The van der Waals surface area contributed by atoms with Gasteiger partial charge in [0.2, 0.25) is 0 Å². The molecule has 0 bridgehead atoms. The third kappa shape index (κ3) is 2.44. The quantitative estimate of drug-likeness (QED) is 0.836. The van der Waals surface area contributed by atoms with Crippen molar-refractivity contribution in [3.8, 4) is 0 Å². The fourth-order valence-electron chi connectivity index (χ4n) is 3.86. The molecule has 2 saturated heterocycles. The zero-order valence-electron chi connectivity index (χ0n) is 13.2. The Morgan fingerprint density at radius 3 is 2.05 bits per heavy atom. The van der Waals surface area contributed by atoms with Gasteiger partial charge in [-0.05, 0) is 40.5 Å². The second-order valence-corrected chi connectivity index (χ2v) is 7.47. The van der Waals surface area contributed by atoms with Gasteiger partial charge in [-0.25, -0.2) is 0 Å². The molecule has 0 aromatic rings. The highest BCUT2D eigenvalue weighted by molar-refractivity contribution is 5.06. The summed E-state index contributed by atoms with van der Waals surface area (Å²) in [6, 6.07) is 0. The molecule has 1 unspecified atom stereocenters. The van der Waals surface area contributed by atoms with E-state index >= 15 is 0 Å². The zero-order chi connectivity index (χ0) is 14.5. The highest BCUT2D eigenvalue weighted by Crippen LogP contribution is 2.51. The molecule has 2 fully saturated rings. The molecule has 0 saturated carbocycles. The average Bonchev–Trinajstić information content (AvgIpc) is 2.59. The van der Waals surface area contributed by atoms with Crippen molar-refractivity contribution in [2.24, 2.45) is 0 Å². The van der Waals surface area contributed by atoms with Crippen LogP contribution in [0, 0.1) is 0 Å². The second-order valence-electron chi connectivity index (χ2n) is 7.47. The second kappa shape index (κ2) is 4.42. The smallest absolute Gasteiger partial charge is 0.172 e. The predicted molar refractivity (Wildman–Crippen MR) is 74.1 cm³/mol. The largest absolute Gasteiger partial charge is 0.347 e. The maximum absolute atomic E-state index is 10.6. The molecule has 1 spiro atoms. The monoisotopic (exact) mass is 271 g/mol. The number of hydrogen-bond acceptors (Lipinski definition) is 4. The van der Waals surface area contributed by atoms with Gasteiger partial charge in [0, 0.05) is 18.4 Å². The number of piperidine rings is 1. The lowest BCUT2D eigenvalue weighted by molar-refractivity contribution is -0.329. The van der Waals surface area contributed by atoms with Gasteiger partial charge in [-0.1, -0.05) is 13.8 Å². The summed E-state index contributed by atoms with van der Waals surface area (Å²) in [5.41, 5.74) is -0.839. The van der Waals surface area contributed by atoms with Gasteiger partial charge in [0.25, 0.3) is 0 Å². The highest BCUT2D eigenvalue weighted by Gasteiger charge is 2.60. The third-order valence-corrected chi connectivity index (χ3v) is 4.78. The van der Waals surface area contributed by atoms with Crippen molar-refractivity contribution < 1.29 is 14.7 Å². The summed E-state index contributed by atoms with van der Waals surface area (Å²) in [4.78, 5) is 0. The predicted octanol–water partition coefficient (Wildman–Crippen LogP) is 3.33. The van der Waals surface area contributed by atoms with E-state index in [0.29, 0.717) is 13.0 Å². The first-order chi connectivity index (χ1) is 8.60. The van der Waals surface area contributed by atoms with Gasteiger partial charge in [-0.15, -0.1) is 0 Å². The Balaban J connectivity index is 2.35. The third-order valence-electron chi connectivity index (χ3n) is 4.78. The molecule has 1 atom stereocenters. The van der Waals surface area contributed by atoms with E-state index in [-0.39, 0.29) is 16.7 Å². The summed E-state index contributed by atoms with van der Waals surface area (Å²) in [5, 5.41) is 12.2. The first kappa shape index (κ1) is 15.2. The minimum Gasteiger partial charge on any atom is -0.347 e. The number of rotatable bonds is 2. The van der Waals surface area contributed by atoms with Gasteiger partial charge >= 0.3 is 0 Å². The van der Waals surface area contributed by atoms with Crippen LogP contribution in [0.1, 0.15) is 67.2 Å². The van der Waals surface area contributed by atoms with Crippen molar-refractivity contribution in [1.29, 1.82) is 0 Å². The van der Waals surface area contributed by atoms with Crippen LogP contribution in [0.5, 0.6) is 0 Å². The summed E-state index contributed by atoms with van der Waals surface area (Å²) in [6.07, 6.45) is 3.20. The molecule has 0 radical (unpaired) electrons. The van der Waals surface area contributed by atoms with E-state index in [1.165, 1.54) is 0 Å². The van der Waals surface area contributed by atoms with Crippen LogP contribution in [-0.2, 0) is 9.47 Å². The minimum absolute atomic E-state index is 0.235. The molecule has 1 N–H and O–H groups in total. The summed E-state index contributed by atoms with van der Waals surface area (Å²) in [7, 11) is 0. The van der Waals surface area contributed by atoms with Crippen LogP contribution in [-0.4, -0.2) is 39.3 Å². The lowest BCUT2D eigenvalue weighted by Gasteiger charge is -2.56. The molecule has 2 aliphatic heterocycles. The number of hydroxylamine groups is 2. The van der Waals surface area contributed by atoms with Crippen LogP contribution in [0.4, 0.5) is 0 Å². The Kier molecular flexibility index (Phi) is 3.54. The molecule has 0 aromatic heterocycles. The van der Waals surface area contributed by atoms with Crippen molar-refractivity contribution in [2.45, 2.75) is 89.7 Å². The molecule has 0 aliphatic carbocycles. The molecule has 112 valence electrons. The maximum Gasteiger partial charge on any atom is 0.172 e. The lowest BCUT2D eigenvalue weighted by atomic mass is 9.73. The first-order valence-electron chi connectivity index (χ1n) is 7.44. The molecule has 2 aliphatic rings. The van der Waals surface area contributed by atoms with Gasteiger partial charge in [-0.3, -0.25) is 0 Å². The Hall–Kier alpha value is -0.160. The van der Waals surface area contributed by atoms with Crippen molar-refractivity contribution in [2.75, 3.05) is 6.61 Å². The molecule has 4 nitrogen and oxygen atoms in total. The van der Waals surface area contributed by atoms with Crippen LogP contribution in [0.25, 0.3) is 0 Å². The Bertz CT molecular complexity index is 349. The molecule has 2 heterocycles. The first-order valence-corrected chi connectivity index (χ1v) is 7.44. The minimum atomic E-state index is -0.543. The van der Waals surface area contributed by atoms with E-state index in [2.05, 4.69) is 41.5 Å².